The van der Waals surface area contributed by atoms with E-state index >= 15 is 0 Å². The van der Waals surface area contributed by atoms with Gasteiger partial charge < -0.3 is 29.6 Å². The number of aromatic amines is 1. The van der Waals surface area contributed by atoms with E-state index in [0.29, 0.717) is 0 Å². The summed E-state index contributed by atoms with van der Waals surface area (Å²) in [6.07, 6.45) is -6.17. The van der Waals surface area contributed by atoms with E-state index in [4.69, 9.17) is 19.4 Å². The molecule has 0 spiro atoms. The number of hydrogen-bond donors (Lipinski definition) is 6. The number of aromatic nitrogens is 2. The summed E-state index contributed by atoms with van der Waals surface area (Å²) in [5.74, 6) is 2.38. The summed E-state index contributed by atoms with van der Waals surface area (Å²) < 4.78 is 88.2. The van der Waals surface area contributed by atoms with Gasteiger partial charge in [0.15, 0.2) is 0 Å². The van der Waals surface area contributed by atoms with Gasteiger partial charge in [-0.05, 0) is 12.8 Å². The molecule has 1 amide bonds. The number of phosphoric acid groups is 3. The Morgan fingerprint density at radius 2 is 1.79 bits per heavy atom. The van der Waals surface area contributed by atoms with Crippen molar-refractivity contribution in [2.45, 2.75) is 37.8 Å². The molecule has 2 rings (SSSR count). The standard InChI is InChI=1S/C15H19F3N3O14P3/c16-15(17,18)13(23)19-6-2-1-3-9-7-21(14(24)20-12(9)22)11-5-4-10(33-11)8-32-37(28,29)35-38(30,31)34-36(25,26)27/h7,10-11H,3-6,8H2,(H,19,23)(H,28,29)(H,30,31)(H,20,22,24)(H2,25,26,27). The third-order valence-corrected chi connectivity index (χ3v) is 8.08. The molecule has 4 atom stereocenters. The molecule has 214 valence electrons. The largest absolute Gasteiger partial charge is 0.490 e. The smallest absolute Gasteiger partial charge is 0.352 e. The lowest BCUT2D eigenvalue weighted by molar-refractivity contribution is -0.173. The zero-order chi connectivity index (χ0) is 28.9. The van der Waals surface area contributed by atoms with Crippen LogP contribution in [0.3, 0.4) is 0 Å². The van der Waals surface area contributed by atoms with E-state index in [9.17, 15) is 46.1 Å². The summed E-state index contributed by atoms with van der Waals surface area (Å²) >= 11 is 0. The van der Waals surface area contributed by atoms with Gasteiger partial charge in [0.2, 0.25) is 0 Å². The van der Waals surface area contributed by atoms with Crippen LogP contribution in [-0.4, -0.2) is 60.5 Å². The maximum atomic E-state index is 12.2. The van der Waals surface area contributed by atoms with Gasteiger partial charge in [0.05, 0.1) is 19.3 Å². The molecule has 1 fully saturated rings. The second kappa shape index (κ2) is 12.4. The Morgan fingerprint density at radius 3 is 2.39 bits per heavy atom. The fourth-order valence-corrected chi connectivity index (χ4v) is 5.86. The number of nitrogens with one attached hydrogen (secondary N) is 2. The van der Waals surface area contributed by atoms with Gasteiger partial charge >= 0.3 is 41.2 Å². The zero-order valence-electron chi connectivity index (χ0n) is 18.6. The molecule has 1 aromatic heterocycles. The average Bonchev–Trinajstić information content (AvgIpc) is 3.18. The van der Waals surface area contributed by atoms with Crippen LogP contribution in [0.4, 0.5) is 13.2 Å². The average molecular weight is 615 g/mol. The normalized spacial score (nSPS) is 21.1. The quantitative estimate of drug-likeness (QED) is 0.147. The molecule has 4 unspecified atom stereocenters. The number of hydrogen-bond acceptors (Lipinski definition) is 10. The van der Waals surface area contributed by atoms with Gasteiger partial charge in [-0.15, -0.1) is 0 Å². The molecule has 0 aliphatic carbocycles. The van der Waals surface area contributed by atoms with Crippen LogP contribution >= 0.6 is 23.5 Å². The first kappa shape index (κ1) is 32.1. The fourth-order valence-electron chi connectivity index (χ4n) is 2.81. The molecule has 17 nitrogen and oxygen atoms in total. The Bertz CT molecular complexity index is 1360. The van der Waals surface area contributed by atoms with Crippen LogP contribution in [0, 0.1) is 11.8 Å². The van der Waals surface area contributed by atoms with E-state index in [1.165, 1.54) is 5.32 Å². The summed E-state index contributed by atoms with van der Waals surface area (Å²) in [6.45, 7) is -1.40. The molecule has 0 bridgehead atoms. The van der Waals surface area contributed by atoms with Gasteiger partial charge in [0.25, 0.3) is 5.56 Å². The SMILES string of the molecule is O=C(NCC#CCc1cn(C2CCC(COP(=O)(O)OP(=O)(O)OP(=O)(O)O)O2)c(=O)[nH]c1=O)C(F)(F)F. The van der Waals surface area contributed by atoms with Crippen molar-refractivity contribution in [3.63, 3.8) is 0 Å². The highest BCUT2D eigenvalue weighted by Crippen LogP contribution is 2.66. The van der Waals surface area contributed by atoms with Gasteiger partial charge in [-0.2, -0.15) is 21.8 Å². The van der Waals surface area contributed by atoms with Crippen molar-refractivity contribution in [3.05, 3.63) is 32.6 Å². The molecular weight excluding hydrogens is 596 g/mol. The topological polar surface area (TPSA) is 253 Å². The lowest BCUT2D eigenvalue weighted by Crippen LogP contribution is -2.36. The zero-order valence-corrected chi connectivity index (χ0v) is 21.2. The number of H-pyrrole nitrogens is 1. The number of amides is 1. The first-order chi connectivity index (χ1) is 17.3. The molecule has 1 aliphatic heterocycles. The first-order valence-corrected chi connectivity index (χ1v) is 14.4. The van der Waals surface area contributed by atoms with Crippen LogP contribution in [0.25, 0.3) is 0 Å². The minimum Gasteiger partial charge on any atom is -0.352 e. The van der Waals surface area contributed by atoms with Crippen LogP contribution in [0.5, 0.6) is 0 Å². The molecular formula is C15H19F3N3O14P3. The number of halogens is 3. The number of phosphoric ester groups is 1. The Morgan fingerprint density at radius 1 is 1.13 bits per heavy atom. The number of carbonyl (C=O) groups excluding carboxylic acids is 1. The second-order valence-corrected chi connectivity index (χ2v) is 11.6. The van der Waals surface area contributed by atoms with Crippen molar-refractivity contribution in [1.29, 1.82) is 0 Å². The van der Waals surface area contributed by atoms with Crippen molar-refractivity contribution in [3.8, 4) is 11.8 Å². The molecule has 2 heterocycles. The lowest BCUT2D eigenvalue weighted by Gasteiger charge is -2.19. The monoisotopic (exact) mass is 615 g/mol. The fraction of sp³-hybridized carbons (Fsp3) is 0.533. The molecule has 0 saturated carbocycles. The van der Waals surface area contributed by atoms with Gasteiger partial charge in [-0.3, -0.25) is 23.7 Å². The maximum Gasteiger partial charge on any atom is 0.490 e. The summed E-state index contributed by atoms with van der Waals surface area (Å²) in [4.78, 5) is 72.5. The number of alkyl halides is 3. The van der Waals surface area contributed by atoms with E-state index in [1.54, 1.807) is 0 Å². The van der Waals surface area contributed by atoms with Crippen LogP contribution in [0.15, 0.2) is 15.8 Å². The maximum absolute atomic E-state index is 12.2. The third-order valence-electron chi connectivity index (χ3n) is 4.28. The molecule has 1 aromatic rings. The van der Waals surface area contributed by atoms with Crippen molar-refractivity contribution >= 4 is 29.4 Å². The first-order valence-electron chi connectivity index (χ1n) is 9.87. The van der Waals surface area contributed by atoms with Gasteiger partial charge in [0.1, 0.15) is 6.23 Å². The van der Waals surface area contributed by atoms with Crippen LogP contribution in [-0.2, 0) is 42.8 Å². The highest BCUT2D eigenvalue weighted by Gasteiger charge is 2.41. The van der Waals surface area contributed by atoms with Crippen LogP contribution in [0.2, 0.25) is 0 Å². The second-order valence-electron chi connectivity index (χ2n) is 7.21. The Hall–Kier alpha value is -2.13. The predicted octanol–water partition coefficient (Wildman–Crippen LogP) is -0.218. The minimum atomic E-state index is -5.70. The summed E-state index contributed by atoms with van der Waals surface area (Å²) in [5.41, 5.74) is -1.84. The van der Waals surface area contributed by atoms with Crippen molar-refractivity contribution < 1.29 is 69.1 Å². The van der Waals surface area contributed by atoms with Crippen LogP contribution < -0.4 is 16.6 Å². The molecule has 38 heavy (non-hydrogen) atoms. The molecule has 1 saturated heterocycles. The number of rotatable bonds is 10. The number of nitrogens with zero attached hydrogens (tertiary/aromatic N) is 1. The molecule has 1 aliphatic rings. The molecule has 6 N–H and O–H groups in total. The number of carbonyl (C=O) groups is 1. The summed E-state index contributed by atoms with van der Waals surface area (Å²) in [7, 11) is -16.6. The van der Waals surface area contributed by atoms with Crippen molar-refractivity contribution in [2.24, 2.45) is 0 Å². The van der Waals surface area contributed by atoms with E-state index in [1.807, 2.05) is 4.98 Å². The minimum absolute atomic E-state index is 0.0837. The van der Waals surface area contributed by atoms with E-state index < -0.39 is 72.3 Å². The number of ether oxygens (including phenoxy) is 1. The Labute approximate surface area is 209 Å². The summed E-state index contributed by atoms with van der Waals surface area (Å²) in [6, 6.07) is 0. The van der Waals surface area contributed by atoms with E-state index in [2.05, 4.69) is 25.0 Å². The Balaban J connectivity index is 1.98. The van der Waals surface area contributed by atoms with Crippen LogP contribution in [0.1, 0.15) is 24.6 Å². The van der Waals surface area contributed by atoms with Gasteiger partial charge in [-0.1, -0.05) is 11.8 Å². The van der Waals surface area contributed by atoms with E-state index in [-0.39, 0.29) is 24.8 Å². The summed E-state index contributed by atoms with van der Waals surface area (Å²) in [5, 5.41) is 1.51. The molecule has 0 radical (unpaired) electrons. The van der Waals surface area contributed by atoms with Crippen molar-refractivity contribution in [1.82, 2.24) is 14.9 Å². The molecule has 0 aromatic carbocycles. The Kier molecular flexibility index (Phi) is 10.4. The highest BCUT2D eigenvalue weighted by molar-refractivity contribution is 7.66. The highest BCUT2D eigenvalue weighted by atomic mass is 31.3. The van der Waals surface area contributed by atoms with Gasteiger partial charge in [0, 0.05) is 18.2 Å². The van der Waals surface area contributed by atoms with Crippen molar-refractivity contribution in [2.75, 3.05) is 13.2 Å². The van der Waals surface area contributed by atoms with E-state index in [0.717, 1.165) is 10.8 Å². The molecule has 23 heteroatoms. The van der Waals surface area contributed by atoms with Gasteiger partial charge in [-0.25, -0.2) is 18.5 Å². The lowest BCUT2D eigenvalue weighted by atomic mass is 10.2. The third kappa shape index (κ3) is 10.6. The predicted molar refractivity (Wildman–Crippen MR) is 115 cm³/mol.